The fourth-order valence-electron chi connectivity index (χ4n) is 2.05. The Morgan fingerprint density at radius 3 is 2.60 bits per heavy atom. The van der Waals surface area contributed by atoms with E-state index in [1.807, 2.05) is 19.1 Å². The van der Waals surface area contributed by atoms with Gasteiger partial charge in [0.1, 0.15) is 5.75 Å². The van der Waals surface area contributed by atoms with Gasteiger partial charge in [0.25, 0.3) is 0 Å². The maximum atomic E-state index is 11.8. The van der Waals surface area contributed by atoms with Gasteiger partial charge < -0.3 is 4.74 Å². The lowest BCUT2D eigenvalue weighted by molar-refractivity contribution is -0.121. The van der Waals surface area contributed by atoms with Gasteiger partial charge in [0.2, 0.25) is 5.91 Å². The number of amides is 1. The van der Waals surface area contributed by atoms with E-state index in [4.69, 9.17) is 39.5 Å². The van der Waals surface area contributed by atoms with E-state index in [0.29, 0.717) is 40.1 Å². The van der Waals surface area contributed by atoms with Gasteiger partial charge >= 0.3 is 0 Å². The minimum Gasteiger partial charge on any atom is -0.493 e. The zero-order valence-corrected chi connectivity index (χ0v) is 15.8. The number of hydrogen-bond donors (Lipinski definition) is 1. The molecule has 0 atom stereocenters. The molecule has 0 heterocycles. The first kappa shape index (κ1) is 19.6. The average molecular weight is 400 g/mol. The summed E-state index contributed by atoms with van der Waals surface area (Å²) in [4.78, 5) is 11.8. The van der Waals surface area contributed by atoms with Gasteiger partial charge in [-0.2, -0.15) is 5.10 Å². The minimum absolute atomic E-state index is 0.212. The predicted octanol–water partition coefficient (Wildman–Crippen LogP) is 5.26. The van der Waals surface area contributed by atoms with Crippen LogP contribution in [-0.2, 0) is 4.79 Å². The Balaban J connectivity index is 1.73. The number of carbonyl (C=O) groups is 1. The van der Waals surface area contributed by atoms with Crippen LogP contribution in [0.25, 0.3) is 0 Å². The fourth-order valence-corrected chi connectivity index (χ4v) is 2.77. The highest BCUT2D eigenvalue weighted by Gasteiger charge is 2.04. The summed E-state index contributed by atoms with van der Waals surface area (Å²) in [7, 11) is 0. The van der Waals surface area contributed by atoms with Crippen LogP contribution in [0.3, 0.4) is 0 Å². The van der Waals surface area contributed by atoms with Crippen molar-refractivity contribution in [1.29, 1.82) is 0 Å². The third kappa shape index (κ3) is 6.24. The first-order chi connectivity index (χ1) is 12.0. The molecule has 0 aliphatic carbocycles. The lowest BCUT2D eigenvalue weighted by Crippen LogP contribution is -2.18. The van der Waals surface area contributed by atoms with Crippen molar-refractivity contribution >= 4 is 46.9 Å². The lowest BCUT2D eigenvalue weighted by Gasteiger charge is -2.08. The van der Waals surface area contributed by atoms with Crippen molar-refractivity contribution in [1.82, 2.24) is 5.43 Å². The maximum Gasteiger partial charge on any atom is 0.240 e. The number of benzene rings is 2. The van der Waals surface area contributed by atoms with Gasteiger partial charge in [0.05, 0.1) is 22.9 Å². The molecular weight excluding hydrogens is 383 g/mol. The molecule has 2 rings (SSSR count). The standard InChI is InChI=1S/C18H17Cl3N2O2/c1-12-10-13(19)7-8-17(12)25-9-3-6-18(24)23-22-11-14-15(20)4-2-5-16(14)21/h2,4-5,7-8,10-11H,3,6,9H2,1H3,(H,23,24). The highest BCUT2D eigenvalue weighted by Crippen LogP contribution is 2.22. The third-order valence-corrected chi connectivity index (χ3v) is 4.22. The molecule has 25 heavy (non-hydrogen) atoms. The first-order valence-electron chi connectivity index (χ1n) is 7.62. The van der Waals surface area contributed by atoms with E-state index >= 15 is 0 Å². The number of nitrogens with one attached hydrogen (secondary N) is 1. The summed E-state index contributed by atoms with van der Waals surface area (Å²) in [6.07, 6.45) is 2.28. The molecule has 7 heteroatoms. The van der Waals surface area contributed by atoms with Crippen LogP contribution in [-0.4, -0.2) is 18.7 Å². The van der Waals surface area contributed by atoms with Crippen LogP contribution < -0.4 is 10.2 Å². The topological polar surface area (TPSA) is 50.7 Å². The molecule has 0 saturated carbocycles. The number of nitrogens with zero attached hydrogens (tertiary/aromatic N) is 1. The van der Waals surface area contributed by atoms with Crippen molar-refractivity contribution in [3.05, 3.63) is 62.6 Å². The highest BCUT2D eigenvalue weighted by atomic mass is 35.5. The predicted molar refractivity (Wildman–Crippen MR) is 103 cm³/mol. The van der Waals surface area contributed by atoms with Crippen molar-refractivity contribution in [3.63, 3.8) is 0 Å². The number of hydrogen-bond acceptors (Lipinski definition) is 3. The van der Waals surface area contributed by atoms with Crippen molar-refractivity contribution in [3.8, 4) is 5.75 Å². The molecule has 132 valence electrons. The molecule has 0 aliphatic heterocycles. The van der Waals surface area contributed by atoms with Gasteiger partial charge in [-0.3, -0.25) is 4.79 Å². The molecule has 2 aromatic rings. The number of rotatable bonds is 7. The molecule has 0 aliphatic rings. The number of hydrazone groups is 1. The molecule has 0 radical (unpaired) electrons. The monoisotopic (exact) mass is 398 g/mol. The van der Waals surface area contributed by atoms with E-state index in [-0.39, 0.29) is 5.91 Å². The zero-order valence-electron chi connectivity index (χ0n) is 13.6. The van der Waals surface area contributed by atoms with Gasteiger partial charge in [-0.15, -0.1) is 0 Å². The molecule has 1 N–H and O–H groups in total. The van der Waals surface area contributed by atoms with Crippen LogP contribution in [0.15, 0.2) is 41.5 Å². The maximum absolute atomic E-state index is 11.8. The van der Waals surface area contributed by atoms with Crippen molar-refractivity contribution in [2.24, 2.45) is 5.10 Å². The van der Waals surface area contributed by atoms with E-state index < -0.39 is 0 Å². The number of carbonyl (C=O) groups excluding carboxylic acids is 1. The molecule has 1 amide bonds. The van der Waals surface area contributed by atoms with Gasteiger partial charge in [0, 0.05) is 17.0 Å². The van der Waals surface area contributed by atoms with Gasteiger partial charge in [-0.1, -0.05) is 40.9 Å². The van der Waals surface area contributed by atoms with Crippen LogP contribution in [0, 0.1) is 6.92 Å². The fraction of sp³-hybridized carbons (Fsp3) is 0.222. The number of ether oxygens (including phenoxy) is 1. The molecule has 0 fully saturated rings. The van der Waals surface area contributed by atoms with Crippen LogP contribution in [0.1, 0.15) is 24.0 Å². The van der Waals surface area contributed by atoms with Crippen molar-refractivity contribution in [2.45, 2.75) is 19.8 Å². The Kier molecular flexibility index (Phi) is 7.56. The number of aryl methyl sites for hydroxylation is 1. The van der Waals surface area contributed by atoms with E-state index in [1.165, 1.54) is 6.21 Å². The molecule has 4 nitrogen and oxygen atoms in total. The summed E-state index contributed by atoms with van der Waals surface area (Å²) in [5, 5.41) is 5.48. The normalized spacial score (nSPS) is 10.9. The highest BCUT2D eigenvalue weighted by molar-refractivity contribution is 6.38. The van der Waals surface area contributed by atoms with E-state index in [1.54, 1.807) is 24.3 Å². The summed E-state index contributed by atoms with van der Waals surface area (Å²) in [5.74, 6) is 0.548. The summed E-state index contributed by atoms with van der Waals surface area (Å²) in [5.41, 5.74) is 3.96. The molecular formula is C18H17Cl3N2O2. The number of halogens is 3. The summed E-state index contributed by atoms with van der Waals surface area (Å²) in [6.45, 7) is 2.35. The van der Waals surface area contributed by atoms with Crippen LogP contribution >= 0.6 is 34.8 Å². The lowest BCUT2D eigenvalue weighted by atomic mass is 10.2. The second kappa shape index (κ2) is 9.66. The average Bonchev–Trinajstić information content (AvgIpc) is 2.56. The molecule has 0 bridgehead atoms. The van der Waals surface area contributed by atoms with Crippen LogP contribution in [0.5, 0.6) is 5.75 Å². The molecule has 0 spiro atoms. The smallest absolute Gasteiger partial charge is 0.240 e. The van der Waals surface area contributed by atoms with Gasteiger partial charge in [-0.25, -0.2) is 5.43 Å². The third-order valence-electron chi connectivity index (χ3n) is 3.33. The Bertz CT molecular complexity index is 759. The van der Waals surface area contributed by atoms with E-state index in [0.717, 1.165) is 11.3 Å². The minimum atomic E-state index is -0.212. The quantitative estimate of drug-likeness (QED) is 0.392. The summed E-state index contributed by atoms with van der Waals surface area (Å²) in [6, 6.07) is 10.6. The van der Waals surface area contributed by atoms with Crippen molar-refractivity contribution < 1.29 is 9.53 Å². The van der Waals surface area contributed by atoms with Crippen LogP contribution in [0.4, 0.5) is 0 Å². The second-order valence-electron chi connectivity index (χ2n) is 5.29. The van der Waals surface area contributed by atoms with E-state index in [9.17, 15) is 4.79 Å². The van der Waals surface area contributed by atoms with Crippen molar-refractivity contribution in [2.75, 3.05) is 6.61 Å². The van der Waals surface area contributed by atoms with Gasteiger partial charge in [-0.05, 0) is 49.2 Å². The Labute approximate surface area is 161 Å². The molecule has 2 aromatic carbocycles. The Morgan fingerprint density at radius 2 is 1.92 bits per heavy atom. The Morgan fingerprint density at radius 1 is 1.20 bits per heavy atom. The Hall–Kier alpha value is -1.75. The molecule has 0 unspecified atom stereocenters. The largest absolute Gasteiger partial charge is 0.493 e. The molecule has 0 aromatic heterocycles. The van der Waals surface area contributed by atoms with Crippen LogP contribution in [0.2, 0.25) is 15.1 Å². The SMILES string of the molecule is Cc1cc(Cl)ccc1OCCCC(=O)NN=Cc1c(Cl)cccc1Cl. The molecule has 0 saturated heterocycles. The second-order valence-corrected chi connectivity index (χ2v) is 6.54. The first-order valence-corrected chi connectivity index (χ1v) is 8.75. The zero-order chi connectivity index (χ0) is 18.2. The summed E-state index contributed by atoms with van der Waals surface area (Å²) >= 11 is 17.9. The van der Waals surface area contributed by atoms with E-state index in [2.05, 4.69) is 10.5 Å². The summed E-state index contributed by atoms with van der Waals surface area (Å²) < 4.78 is 5.64. The van der Waals surface area contributed by atoms with Gasteiger partial charge in [0.15, 0.2) is 0 Å².